The van der Waals surface area contributed by atoms with Gasteiger partial charge < -0.3 is 4.74 Å². The van der Waals surface area contributed by atoms with Crippen molar-refractivity contribution >= 4 is 0 Å². The summed E-state index contributed by atoms with van der Waals surface area (Å²) in [6.07, 6.45) is 4.52. The van der Waals surface area contributed by atoms with E-state index < -0.39 is 0 Å². The molecule has 3 rings (SSSR count). The molecule has 0 N–H and O–H groups in total. The van der Waals surface area contributed by atoms with Crippen molar-refractivity contribution in [2.75, 3.05) is 13.1 Å². The Morgan fingerprint density at radius 2 is 1.86 bits per heavy atom. The number of para-hydroxylation sites is 1. The van der Waals surface area contributed by atoms with Gasteiger partial charge >= 0.3 is 0 Å². The number of benzene rings is 1. The van der Waals surface area contributed by atoms with Crippen LogP contribution in [0.5, 0.6) is 5.75 Å². The average molecular weight is 282 g/mol. The van der Waals surface area contributed by atoms with Gasteiger partial charge in [0.25, 0.3) is 0 Å². The lowest BCUT2D eigenvalue weighted by molar-refractivity contribution is 0.0967. The summed E-state index contributed by atoms with van der Waals surface area (Å²) >= 11 is 0. The van der Waals surface area contributed by atoms with Crippen LogP contribution in [0.15, 0.2) is 48.7 Å². The number of hydrogen-bond donors (Lipinski definition) is 0. The minimum atomic E-state index is 0.347. The average Bonchev–Trinajstić information content (AvgIpc) is 2.53. The lowest BCUT2D eigenvalue weighted by atomic mass is 10.1. The summed E-state index contributed by atoms with van der Waals surface area (Å²) in [5.74, 6) is 0.985. The fraction of sp³-hybridized carbons (Fsp3) is 0.389. The zero-order valence-corrected chi connectivity index (χ0v) is 12.5. The molecule has 1 aromatic carbocycles. The fourth-order valence-electron chi connectivity index (χ4n) is 2.73. The van der Waals surface area contributed by atoms with E-state index in [0.29, 0.717) is 6.10 Å². The molecule has 0 unspecified atom stereocenters. The van der Waals surface area contributed by atoms with Gasteiger partial charge in [-0.05, 0) is 43.5 Å². The smallest absolute Gasteiger partial charge is 0.119 e. The molecule has 3 nitrogen and oxygen atoms in total. The van der Waals surface area contributed by atoms with Crippen LogP contribution < -0.4 is 4.74 Å². The van der Waals surface area contributed by atoms with E-state index in [-0.39, 0.29) is 0 Å². The van der Waals surface area contributed by atoms with Crippen molar-refractivity contribution in [3.63, 3.8) is 0 Å². The fourth-order valence-corrected chi connectivity index (χ4v) is 2.73. The molecular weight excluding hydrogens is 260 g/mol. The van der Waals surface area contributed by atoms with E-state index >= 15 is 0 Å². The van der Waals surface area contributed by atoms with E-state index in [2.05, 4.69) is 22.0 Å². The molecule has 0 aliphatic carbocycles. The predicted octanol–water partition coefficient (Wildman–Crippen LogP) is 3.43. The molecule has 0 radical (unpaired) electrons. The number of piperidine rings is 1. The molecule has 2 aromatic rings. The quantitative estimate of drug-likeness (QED) is 0.859. The number of nitrogens with zero attached hydrogens (tertiary/aromatic N) is 2. The second-order valence-electron chi connectivity index (χ2n) is 5.71. The molecule has 0 bridgehead atoms. The normalized spacial score (nSPS) is 16.8. The van der Waals surface area contributed by atoms with E-state index in [4.69, 9.17) is 4.74 Å². The van der Waals surface area contributed by atoms with E-state index in [1.165, 1.54) is 5.56 Å². The van der Waals surface area contributed by atoms with Crippen molar-refractivity contribution in [2.45, 2.75) is 32.4 Å². The van der Waals surface area contributed by atoms with Gasteiger partial charge in [-0.3, -0.25) is 9.88 Å². The largest absolute Gasteiger partial charge is 0.490 e. The number of aryl methyl sites for hydroxylation is 1. The summed E-state index contributed by atoms with van der Waals surface area (Å²) in [7, 11) is 0. The van der Waals surface area contributed by atoms with E-state index in [9.17, 15) is 0 Å². The lowest BCUT2D eigenvalue weighted by Gasteiger charge is -2.32. The molecule has 0 spiro atoms. The number of rotatable bonds is 4. The first kappa shape index (κ1) is 14.1. The summed E-state index contributed by atoms with van der Waals surface area (Å²) in [6, 6.07) is 14.4. The van der Waals surface area contributed by atoms with Crippen LogP contribution in [-0.4, -0.2) is 29.1 Å². The monoisotopic (exact) mass is 282 g/mol. The van der Waals surface area contributed by atoms with E-state index in [0.717, 1.165) is 43.9 Å². The molecule has 3 heteroatoms. The van der Waals surface area contributed by atoms with Gasteiger partial charge in [-0.1, -0.05) is 24.3 Å². The van der Waals surface area contributed by atoms with Crippen molar-refractivity contribution < 1.29 is 4.74 Å². The van der Waals surface area contributed by atoms with Crippen LogP contribution in [0.25, 0.3) is 0 Å². The van der Waals surface area contributed by atoms with Gasteiger partial charge in [0.15, 0.2) is 0 Å². The highest BCUT2D eigenvalue weighted by atomic mass is 16.5. The molecule has 21 heavy (non-hydrogen) atoms. The Bertz CT molecular complexity index is 545. The highest BCUT2D eigenvalue weighted by molar-refractivity contribution is 5.21. The summed E-state index contributed by atoms with van der Waals surface area (Å²) in [5.41, 5.74) is 2.37. The van der Waals surface area contributed by atoms with Crippen molar-refractivity contribution in [1.29, 1.82) is 0 Å². The topological polar surface area (TPSA) is 25.4 Å². The molecule has 0 amide bonds. The van der Waals surface area contributed by atoms with Crippen LogP contribution in [-0.2, 0) is 6.54 Å². The van der Waals surface area contributed by atoms with Crippen LogP contribution in [0.2, 0.25) is 0 Å². The molecule has 0 saturated carbocycles. The minimum Gasteiger partial charge on any atom is -0.490 e. The molecule has 1 aliphatic rings. The van der Waals surface area contributed by atoms with Crippen molar-refractivity contribution in [3.8, 4) is 5.75 Å². The van der Waals surface area contributed by atoms with Gasteiger partial charge in [0, 0.05) is 31.5 Å². The van der Waals surface area contributed by atoms with E-state index in [1.807, 2.05) is 43.5 Å². The van der Waals surface area contributed by atoms with Gasteiger partial charge in [0.05, 0.1) is 0 Å². The van der Waals surface area contributed by atoms with Crippen LogP contribution >= 0.6 is 0 Å². The molecule has 0 atom stereocenters. The molecule has 110 valence electrons. The third-order valence-corrected chi connectivity index (χ3v) is 3.96. The van der Waals surface area contributed by atoms with Crippen molar-refractivity contribution in [2.24, 2.45) is 0 Å². The first-order chi connectivity index (χ1) is 10.3. The number of aromatic nitrogens is 1. The third-order valence-electron chi connectivity index (χ3n) is 3.96. The Balaban J connectivity index is 1.47. The second kappa shape index (κ2) is 6.72. The van der Waals surface area contributed by atoms with Crippen LogP contribution in [0, 0.1) is 6.92 Å². The molecule has 2 heterocycles. The number of likely N-dealkylation sites (tertiary alicyclic amines) is 1. The maximum atomic E-state index is 6.03. The molecule has 1 fully saturated rings. The molecule has 1 aromatic heterocycles. The van der Waals surface area contributed by atoms with Crippen LogP contribution in [0.4, 0.5) is 0 Å². The molecule has 1 aliphatic heterocycles. The summed E-state index contributed by atoms with van der Waals surface area (Å²) in [6.45, 7) is 5.19. The molecule has 1 saturated heterocycles. The Hall–Kier alpha value is -1.87. The lowest BCUT2D eigenvalue weighted by Crippen LogP contribution is -2.37. The summed E-state index contributed by atoms with van der Waals surface area (Å²) in [5, 5.41) is 0. The minimum absolute atomic E-state index is 0.347. The number of hydrogen-bond acceptors (Lipinski definition) is 3. The van der Waals surface area contributed by atoms with Crippen molar-refractivity contribution in [1.82, 2.24) is 9.88 Å². The van der Waals surface area contributed by atoms with Crippen molar-refractivity contribution in [3.05, 3.63) is 59.9 Å². The second-order valence-corrected chi connectivity index (χ2v) is 5.71. The SMILES string of the molecule is Cc1ccc(CN2CCC(Oc3ccccc3)CC2)cn1. The highest BCUT2D eigenvalue weighted by Gasteiger charge is 2.20. The predicted molar refractivity (Wildman–Crippen MR) is 84.3 cm³/mol. The number of ether oxygens (including phenoxy) is 1. The van der Waals surface area contributed by atoms with E-state index in [1.54, 1.807) is 0 Å². The van der Waals surface area contributed by atoms with Gasteiger partial charge in [0.2, 0.25) is 0 Å². The molecular formula is C18H22N2O. The standard InChI is InChI=1S/C18H22N2O/c1-15-7-8-16(13-19-15)14-20-11-9-18(10-12-20)21-17-5-3-2-4-6-17/h2-8,13,18H,9-12,14H2,1H3. The highest BCUT2D eigenvalue weighted by Crippen LogP contribution is 2.19. The Labute approximate surface area is 126 Å². The maximum Gasteiger partial charge on any atom is 0.119 e. The summed E-state index contributed by atoms with van der Waals surface area (Å²) < 4.78 is 6.03. The first-order valence-corrected chi connectivity index (χ1v) is 7.65. The van der Waals surface area contributed by atoms with Gasteiger partial charge in [0.1, 0.15) is 11.9 Å². The van der Waals surface area contributed by atoms with Crippen LogP contribution in [0.3, 0.4) is 0 Å². The third kappa shape index (κ3) is 4.05. The number of pyridine rings is 1. The Morgan fingerprint density at radius 3 is 2.52 bits per heavy atom. The summed E-state index contributed by atoms with van der Waals surface area (Å²) in [4.78, 5) is 6.85. The Morgan fingerprint density at radius 1 is 1.10 bits per heavy atom. The van der Waals surface area contributed by atoms with Gasteiger partial charge in [-0.2, -0.15) is 0 Å². The van der Waals surface area contributed by atoms with Crippen LogP contribution in [0.1, 0.15) is 24.1 Å². The first-order valence-electron chi connectivity index (χ1n) is 7.65. The maximum absolute atomic E-state index is 6.03. The zero-order valence-electron chi connectivity index (χ0n) is 12.5. The van der Waals surface area contributed by atoms with Gasteiger partial charge in [-0.25, -0.2) is 0 Å². The Kier molecular flexibility index (Phi) is 4.51. The van der Waals surface area contributed by atoms with Gasteiger partial charge in [-0.15, -0.1) is 0 Å². The zero-order chi connectivity index (χ0) is 14.5.